The highest BCUT2D eigenvalue weighted by Gasteiger charge is 2.35. The summed E-state index contributed by atoms with van der Waals surface area (Å²) in [7, 11) is 0. The Morgan fingerprint density at radius 2 is 1.61 bits per heavy atom. The Hall–Kier alpha value is -4.41. The minimum absolute atomic E-state index is 0.0592. The lowest BCUT2D eigenvalue weighted by atomic mass is 10.1. The molecule has 38 heavy (non-hydrogen) atoms. The molecular weight excluding hydrogens is 492 g/mol. The number of nitrogens with zero attached hydrogens (tertiary/aromatic N) is 1. The third-order valence-electron chi connectivity index (χ3n) is 6.12. The molecule has 2 aromatic carbocycles. The van der Waals surface area contributed by atoms with Gasteiger partial charge in [-0.05, 0) is 30.9 Å². The zero-order valence-electron chi connectivity index (χ0n) is 21.1. The molecule has 0 aliphatic carbocycles. The van der Waals surface area contributed by atoms with Crippen LogP contribution in [0.1, 0.15) is 30.9 Å². The van der Waals surface area contributed by atoms with Crippen LogP contribution in [0.4, 0.5) is 4.79 Å². The second-order valence-electron chi connectivity index (χ2n) is 8.98. The zero-order valence-corrected chi connectivity index (χ0v) is 21.1. The van der Waals surface area contributed by atoms with Gasteiger partial charge in [-0.2, -0.15) is 0 Å². The Kier molecular flexibility index (Phi) is 10.2. The minimum atomic E-state index is -1.19. The van der Waals surface area contributed by atoms with E-state index >= 15 is 0 Å². The topological polar surface area (TPSA) is 154 Å². The summed E-state index contributed by atoms with van der Waals surface area (Å²) < 4.78 is 5.09. The number of benzene rings is 2. The summed E-state index contributed by atoms with van der Waals surface area (Å²) in [5.41, 5.74) is 1.55. The van der Waals surface area contributed by atoms with Gasteiger partial charge in [-0.25, -0.2) is 9.59 Å². The van der Waals surface area contributed by atoms with Crippen LogP contribution in [0.3, 0.4) is 0 Å². The summed E-state index contributed by atoms with van der Waals surface area (Å²) in [5, 5.41) is 16.9. The van der Waals surface area contributed by atoms with Gasteiger partial charge in [-0.3, -0.25) is 14.4 Å². The van der Waals surface area contributed by atoms with Gasteiger partial charge in [-0.15, -0.1) is 0 Å². The molecule has 1 aliphatic rings. The minimum Gasteiger partial charge on any atom is -0.480 e. The average molecular weight is 525 g/mol. The van der Waals surface area contributed by atoms with E-state index in [9.17, 15) is 29.1 Å². The van der Waals surface area contributed by atoms with Crippen molar-refractivity contribution in [2.75, 3.05) is 13.1 Å². The number of aliphatic carboxylic acids is 1. The number of rotatable bonds is 11. The molecule has 0 radical (unpaired) electrons. The number of ether oxygens (including phenoxy) is 1. The largest absolute Gasteiger partial charge is 0.480 e. The van der Waals surface area contributed by atoms with E-state index in [1.54, 1.807) is 42.5 Å². The Balaban J connectivity index is 1.46. The van der Waals surface area contributed by atoms with E-state index in [0.717, 1.165) is 11.1 Å². The number of likely N-dealkylation sites (tertiary alicyclic amines) is 1. The van der Waals surface area contributed by atoms with Crippen LogP contribution in [-0.2, 0) is 36.9 Å². The van der Waals surface area contributed by atoms with Crippen molar-refractivity contribution in [2.45, 2.75) is 50.9 Å². The molecule has 1 aliphatic heterocycles. The molecule has 3 atom stereocenters. The highest BCUT2D eigenvalue weighted by molar-refractivity contribution is 5.94. The number of hydrogen-bond donors (Lipinski definition) is 4. The Labute approximate surface area is 220 Å². The lowest BCUT2D eigenvalue weighted by Crippen LogP contribution is -2.55. The smallest absolute Gasteiger partial charge is 0.407 e. The Morgan fingerprint density at radius 1 is 0.974 bits per heavy atom. The van der Waals surface area contributed by atoms with Gasteiger partial charge in [-0.1, -0.05) is 60.7 Å². The number of hydrogen-bond acceptors (Lipinski definition) is 6. The summed E-state index contributed by atoms with van der Waals surface area (Å²) in [6.07, 6.45) is 0.321. The van der Waals surface area contributed by atoms with Crippen LogP contribution in [-0.4, -0.2) is 71.0 Å². The third-order valence-corrected chi connectivity index (χ3v) is 6.12. The van der Waals surface area contributed by atoms with Crippen LogP contribution >= 0.6 is 0 Å². The van der Waals surface area contributed by atoms with Crippen molar-refractivity contribution in [2.24, 2.45) is 0 Å². The molecule has 3 unspecified atom stereocenters. The molecule has 4 N–H and O–H groups in total. The van der Waals surface area contributed by atoms with E-state index in [4.69, 9.17) is 4.74 Å². The van der Waals surface area contributed by atoms with Crippen molar-refractivity contribution >= 4 is 29.8 Å². The predicted molar refractivity (Wildman–Crippen MR) is 137 cm³/mol. The fourth-order valence-corrected chi connectivity index (χ4v) is 4.08. The van der Waals surface area contributed by atoms with Crippen LogP contribution in [0.15, 0.2) is 60.7 Å². The van der Waals surface area contributed by atoms with Crippen LogP contribution in [0.5, 0.6) is 0 Å². The summed E-state index contributed by atoms with van der Waals surface area (Å²) in [4.78, 5) is 63.1. The van der Waals surface area contributed by atoms with Gasteiger partial charge in [0.1, 0.15) is 31.3 Å². The van der Waals surface area contributed by atoms with Crippen molar-refractivity contribution in [3.8, 4) is 0 Å². The molecule has 1 heterocycles. The molecule has 0 saturated carbocycles. The highest BCUT2D eigenvalue weighted by Crippen LogP contribution is 2.17. The van der Waals surface area contributed by atoms with Crippen molar-refractivity contribution in [3.63, 3.8) is 0 Å². The monoisotopic (exact) mass is 524 g/mol. The summed E-state index contributed by atoms with van der Waals surface area (Å²) in [6, 6.07) is 15.0. The van der Waals surface area contributed by atoms with Gasteiger partial charge in [0.05, 0.1) is 0 Å². The fraction of sp³-hybridized carbons (Fsp3) is 0.370. The van der Waals surface area contributed by atoms with E-state index in [1.165, 1.54) is 11.8 Å². The number of carbonyl (C=O) groups excluding carboxylic acids is 4. The van der Waals surface area contributed by atoms with Crippen LogP contribution in [0.25, 0.3) is 0 Å². The van der Waals surface area contributed by atoms with Gasteiger partial charge in [0, 0.05) is 13.0 Å². The number of amides is 4. The normalized spacial score (nSPS) is 16.1. The van der Waals surface area contributed by atoms with Crippen molar-refractivity contribution < 1.29 is 33.8 Å². The number of carbonyl (C=O) groups is 5. The summed E-state index contributed by atoms with van der Waals surface area (Å²) in [5.74, 6) is -2.83. The first-order valence-corrected chi connectivity index (χ1v) is 12.4. The molecule has 1 fully saturated rings. The van der Waals surface area contributed by atoms with Gasteiger partial charge < -0.3 is 30.7 Å². The van der Waals surface area contributed by atoms with E-state index < -0.39 is 47.9 Å². The Morgan fingerprint density at radius 3 is 2.24 bits per heavy atom. The first-order chi connectivity index (χ1) is 18.2. The van der Waals surface area contributed by atoms with E-state index in [0.29, 0.717) is 19.4 Å². The molecule has 11 heteroatoms. The van der Waals surface area contributed by atoms with E-state index in [2.05, 4.69) is 16.0 Å². The molecule has 1 saturated heterocycles. The molecule has 202 valence electrons. The van der Waals surface area contributed by atoms with Gasteiger partial charge in [0.2, 0.25) is 17.7 Å². The molecule has 0 aromatic heterocycles. The van der Waals surface area contributed by atoms with E-state index in [1.807, 2.05) is 18.2 Å². The predicted octanol–water partition coefficient (Wildman–Crippen LogP) is 1.22. The number of carboxylic acids is 1. The van der Waals surface area contributed by atoms with Crippen LogP contribution in [0.2, 0.25) is 0 Å². The van der Waals surface area contributed by atoms with Crippen molar-refractivity contribution in [1.82, 2.24) is 20.9 Å². The second-order valence-corrected chi connectivity index (χ2v) is 8.98. The van der Waals surface area contributed by atoms with Crippen molar-refractivity contribution in [1.29, 1.82) is 0 Å². The van der Waals surface area contributed by atoms with Gasteiger partial charge in [0.25, 0.3) is 0 Å². The van der Waals surface area contributed by atoms with Gasteiger partial charge in [0.15, 0.2) is 0 Å². The maximum Gasteiger partial charge on any atom is 0.407 e. The average Bonchev–Trinajstić information content (AvgIpc) is 3.41. The number of carboxylic acid groups (broad SMARTS) is 1. The molecule has 0 bridgehead atoms. The molecule has 4 amide bonds. The quantitative estimate of drug-likeness (QED) is 0.345. The maximum absolute atomic E-state index is 12.9. The number of nitrogens with one attached hydrogen (secondary N) is 3. The molecule has 2 aromatic rings. The maximum atomic E-state index is 12.9. The molecular formula is C27H32N4O7. The summed E-state index contributed by atoms with van der Waals surface area (Å²) in [6.45, 7) is 1.49. The fourth-order valence-electron chi connectivity index (χ4n) is 4.08. The van der Waals surface area contributed by atoms with E-state index in [-0.39, 0.29) is 19.6 Å². The molecule has 0 spiro atoms. The second kappa shape index (κ2) is 13.8. The SMILES string of the molecule is CC(NC(=O)C1CCCN1C(=O)CNC(=O)OCc1ccccc1)C(=O)NC(Cc1ccccc1)C(=O)O. The third kappa shape index (κ3) is 8.32. The zero-order chi connectivity index (χ0) is 27.5. The van der Waals surface area contributed by atoms with Crippen molar-refractivity contribution in [3.05, 3.63) is 71.8 Å². The standard InChI is InChI=1S/C27H32N4O7/c1-18(24(33)30-21(26(35)36)15-19-9-4-2-5-10-19)29-25(34)22-13-8-14-31(22)23(32)16-28-27(37)38-17-20-11-6-3-7-12-20/h2-7,9-12,18,21-22H,8,13-17H2,1H3,(H,28,37)(H,29,34)(H,30,33)(H,35,36). The lowest BCUT2D eigenvalue weighted by molar-refractivity contribution is -0.142. The van der Waals surface area contributed by atoms with Crippen LogP contribution in [0, 0.1) is 0 Å². The summed E-state index contributed by atoms with van der Waals surface area (Å²) >= 11 is 0. The van der Waals surface area contributed by atoms with Gasteiger partial charge >= 0.3 is 12.1 Å². The first kappa shape index (κ1) is 28.2. The number of alkyl carbamates (subject to hydrolysis) is 1. The van der Waals surface area contributed by atoms with Crippen LogP contribution < -0.4 is 16.0 Å². The molecule has 3 rings (SSSR count). The molecule has 11 nitrogen and oxygen atoms in total. The lowest BCUT2D eigenvalue weighted by Gasteiger charge is -2.26. The first-order valence-electron chi connectivity index (χ1n) is 12.4. The Bertz CT molecular complexity index is 1130. The highest BCUT2D eigenvalue weighted by atomic mass is 16.5.